The van der Waals surface area contributed by atoms with Gasteiger partial charge in [0.05, 0.1) is 19.8 Å². The zero-order valence-corrected chi connectivity index (χ0v) is 18.2. The Morgan fingerprint density at radius 1 is 1.32 bits per heavy atom. The smallest absolute Gasteiger partial charge is 0.294 e. The Morgan fingerprint density at radius 2 is 2.13 bits per heavy atom. The van der Waals surface area contributed by atoms with E-state index in [1.807, 2.05) is 4.90 Å². The highest BCUT2D eigenvalue weighted by Crippen LogP contribution is 2.36. The van der Waals surface area contributed by atoms with Crippen LogP contribution in [0, 0.1) is 16.0 Å². The number of carbonyl (C=O) groups excluding carboxylic acids is 2. The minimum Gasteiger partial charge on any atom is -0.364 e. The Hall–Kier alpha value is -2.69. The van der Waals surface area contributed by atoms with Crippen LogP contribution in [0.25, 0.3) is 0 Å². The third kappa shape index (κ3) is 4.65. The van der Waals surface area contributed by atoms with Gasteiger partial charge in [0.1, 0.15) is 5.69 Å². The van der Waals surface area contributed by atoms with E-state index < -0.39 is 4.92 Å². The van der Waals surface area contributed by atoms with E-state index in [1.165, 1.54) is 17.4 Å². The van der Waals surface area contributed by atoms with Gasteiger partial charge in [0.15, 0.2) is 0 Å². The van der Waals surface area contributed by atoms with Crippen LogP contribution in [0.3, 0.4) is 0 Å². The topological polar surface area (TPSA) is 122 Å². The SMILES string of the molecule is NC1CCN(c2ccc(N3CC(CNC(=O)c4ccc(Cl)s4)CC3=O)cc2[N+](=O)[O-])C1. The van der Waals surface area contributed by atoms with E-state index >= 15 is 0 Å². The summed E-state index contributed by atoms with van der Waals surface area (Å²) in [7, 11) is 0. The first-order valence-electron chi connectivity index (χ1n) is 9.94. The molecular formula is C20H22ClN5O4S. The average molecular weight is 464 g/mol. The minimum absolute atomic E-state index is 0.000567. The molecule has 0 aliphatic carbocycles. The second kappa shape index (κ2) is 8.81. The second-order valence-corrected chi connectivity index (χ2v) is 9.53. The molecule has 3 N–H and O–H groups in total. The van der Waals surface area contributed by atoms with Crippen LogP contribution in [0.2, 0.25) is 4.34 Å². The first-order valence-corrected chi connectivity index (χ1v) is 11.1. The van der Waals surface area contributed by atoms with Crippen LogP contribution in [-0.2, 0) is 4.79 Å². The summed E-state index contributed by atoms with van der Waals surface area (Å²) in [6, 6.07) is 8.19. The van der Waals surface area contributed by atoms with Crippen molar-refractivity contribution in [3.05, 3.63) is 49.7 Å². The molecular weight excluding hydrogens is 442 g/mol. The lowest BCUT2D eigenvalue weighted by Gasteiger charge is -2.21. The molecule has 164 valence electrons. The van der Waals surface area contributed by atoms with Crippen LogP contribution in [0.4, 0.5) is 17.1 Å². The van der Waals surface area contributed by atoms with Gasteiger partial charge >= 0.3 is 0 Å². The van der Waals surface area contributed by atoms with Gasteiger partial charge in [0.25, 0.3) is 11.6 Å². The van der Waals surface area contributed by atoms with E-state index in [9.17, 15) is 19.7 Å². The van der Waals surface area contributed by atoms with Crippen molar-refractivity contribution in [2.75, 3.05) is 36.0 Å². The summed E-state index contributed by atoms with van der Waals surface area (Å²) in [5.41, 5.74) is 6.91. The number of nitrogens with one attached hydrogen (secondary N) is 1. The monoisotopic (exact) mass is 463 g/mol. The van der Waals surface area contributed by atoms with Crippen LogP contribution in [0.15, 0.2) is 30.3 Å². The maximum Gasteiger partial charge on any atom is 0.294 e. The number of rotatable bonds is 6. The van der Waals surface area contributed by atoms with Crippen LogP contribution < -0.4 is 20.9 Å². The maximum atomic E-state index is 12.6. The summed E-state index contributed by atoms with van der Waals surface area (Å²) in [4.78, 5) is 40.0. The summed E-state index contributed by atoms with van der Waals surface area (Å²) in [6.07, 6.45) is 1.05. The minimum atomic E-state index is -0.424. The molecule has 0 spiro atoms. The lowest BCUT2D eigenvalue weighted by molar-refractivity contribution is -0.384. The molecule has 2 saturated heterocycles. The number of halogens is 1. The number of carbonyl (C=O) groups is 2. The number of nitrogens with zero attached hydrogens (tertiary/aromatic N) is 3. The van der Waals surface area contributed by atoms with Crippen molar-refractivity contribution in [3.8, 4) is 0 Å². The fraction of sp³-hybridized carbons (Fsp3) is 0.400. The van der Waals surface area contributed by atoms with E-state index in [2.05, 4.69) is 5.32 Å². The number of nitro groups is 1. The predicted molar refractivity (Wildman–Crippen MR) is 120 cm³/mol. The fourth-order valence-electron chi connectivity index (χ4n) is 4.03. The van der Waals surface area contributed by atoms with Gasteiger partial charge in [-0.05, 0) is 30.7 Å². The number of benzene rings is 1. The van der Waals surface area contributed by atoms with Gasteiger partial charge in [-0.1, -0.05) is 11.6 Å². The molecule has 11 heteroatoms. The molecule has 9 nitrogen and oxygen atoms in total. The Balaban J connectivity index is 1.44. The molecule has 4 rings (SSSR count). The van der Waals surface area contributed by atoms with Gasteiger partial charge in [0.2, 0.25) is 5.91 Å². The molecule has 1 aromatic heterocycles. The van der Waals surface area contributed by atoms with Crippen LogP contribution >= 0.6 is 22.9 Å². The van der Waals surface area contributed by atoms with Gasteiger partial charge in [0, 0.05) is 50.6 Å². The molecule has 2 atom stereocenters. The number of hydrogen-bond acceptors (Lipinski definition) is 7. The van der Waals surface area contributed by atoms with Gasteiger partial charge in [-0.2, -0.15) is 0 Å². The largest absolute Gasteiger partial charge is 0.364 e. The number of hydrogen-bond donors (Lipinski definition) is 2. The lowest BCUT2D eigenvalue weighted by atomic mass is 10.1. The molecule has 0 saturated carbocycles. The summed E-state index contributed by atoms with van der Waals surface area (Å²) >= 11 is 7.06. The van der Waals surface area contributed by atoms with E-state index in [4.69, 9.17) is 17.3 Å². The maximum absolute atomic E-state index is 12.6. The Bertz CT molecular complexity index is 1030. The molecule has 2 aromatic rings. The summed E-state index contributed by atoms with van der Waals surface area (Å²) in [6.45, 7) is 1.96. The van der Waals surface area contributed by atoms with Crippen LogP contribution in [0.1, 0.15) is 22.5 Å². The highest BCUT2D eigenvalue weighted by molar-refractivity contribution is 7.18. The van der Waals surface area contributed by atoms with Gasteiger partial charge in [-0.25, -0.2) is 0 Å². The number of thiophene rings is 1. The van der Waals surface area contributed by atoms with E-state index in [0.717, 1.165) is 6.42 Å². The molecule has 2 fully saturated rings. The van der Waals surface area contributed by atoms with Crippen molar-refractivity contribution in [2.24, 2.45) is 11.7 Å². The van der Waals surface area contributed by atoms with E-state index in [1.54, 1.807) is 29.2 Å². The van der Waals surface area contributed by atoms with Gasteiger partial charge in [-0.3, -0.25) is 19.7 Å². The third-order valence-corrected chi connectivity index (χ3v) is 6.82. The highest BCUT2D eigenvalue weighted by atomic mass is 35.5. The predicted octanol–water partition coefficient (Wildman–Crippen LogP) is 2.63. The normalized spacial score (nSPS) is 21.0. The zero-order valence-electron chi connectivity index (χ0n) is 16.6. The fourth-order valence-corrected chi connectivity index (χ4v) is 4.99. The number of anilines is 2. The first-order chi connectivity index (χ1) is 14.8. The van der Waals surface area contributed by atoms with Crippen molar-refractivity contribution < 1.29 is 14.5 Å². The van der Waals surface area contributed by atoms with E-state index in [-0.39, 0.29) is 35.9 Å². The number of nitro benzene ring substituents is 1. The highest BCUT2D eigenvalue weighted by Gasteiger charge is 2.33. The Kier molecular flexibility index (Phi) is 6.12. The van der Waals surface area contributed by atoms with E-state index in [0.29, 0.717) is 46.8 Å². The Labute approximate surface area is 187 Å². The second-order valence-electron chi connectivity index (χ2n) is 7.81. The molecule has 2 aliphatic rings. The van der Waals surface area contributed by atoms with Crippen molar-refractivity contribution in [1.82, 2.24) is 5.32 Å². The van der Waals surface area contributed by atoms with Crippen molar-refractivity contribution >= 4 is 51.8 Å². The van der Waals surface area contributed by atoms with Crippen molar-refractivity contribution in [1.29, 1.82) is 0 Å². The van der Waals surface area contributed by atoms with Gasteiger partial charge < -0.3 is 20.9 Å². The standard InChI is InChI=1S/C20H22ClN5O4S/c21-18-4-3-17(31-18)20(28)23-9-12-7-19(27)25(10-12)14-1-2-15(16(8-14)26(29)30)24-6-5-13(22)11-24/h1-4,8,12-13H,5-7,9-11,22H2,(H,23,28). The zero-order chi connectivity index (χ0) is 22.1. The molecule has 0 radical (unpaired) electrons. The molecule has 31 heavy (non-hydrogen) atoms. The number of nitrogens with two attached hydrogens (primary N) is 1. The average Bonchev–Trinajstić information content (AvgIpc) is 3.46. The van der Waals surface area contributed by atoms with Crippen LogP contribution in [-0.4, -0.2) is 49.0 Å². The first kappa shape index (κ1) is 21.5. The molecule has 0 bridgehead atoms. The van der Waals surface area contributed by atoms with Crippen LogP contribution in [0.5, 0.6) is 0 Å². The lowest BCUT2D eigenvalue weighted by Crippen LogP contribution is -2.31. The molecule has 2 aliphatic heterocycles. The number of amides is 2. The molecule has 3 heterocycles. The Morgan fingerprint density at radius 3 is 2.77 bits per heavy atom. The summed E-state index contributed by atoms with van der Waals surface area (Å²) < 4.78 is 0.535. The summed E-state index contributed by atoms with van der Waals surface area (Å²) in [5, 5.41) is 14.5. The van der Waals surface area contributed by atoms with Crippen molar-refractivity contribution in [2.45, 2.75) is 18.9 Å². The molecule has 1 aromatic carbocycles. The van der Waals surface area contributed by atoms with Gasteiger partial charge in [-0.15, -0.1) is 11.3 Å². The van der Waals surface area contributed by atoms with Crippen molar-refractivity contribution in [3.63, 3.8) is 0 Å². The quantitative estimate of drug-likeness (QED) is 0.501. The summed E-state index contributed by atoms with van der Waals surface area (Å²) in [5.74, 6) is -0.433. The molecule has 2 unspecified atom stereocenters. The third-order valence-electron chi connectivity index (χ3n) is 5.59. The molecule has 2 amide bonds.